The van der Waals surface area contributed by atoms with E-state index in [2.05, 4.69) is 10.6 Å². The van der Waals surface area contributed by atoms with Gasteiger partial charge in [-0.2, -0.15) is 0 Å². The van der Waals surface area contributed by atoms with Gasteiger partial charge in [0.1, 0.15) is 11.6 Å². The van der Waals surface area contributed by atoms with Crippen LogP contribution in [0, 0.1) is 19.8 Å². The first-order valence-corrected chi connectivity index (χ1v) is 7.88. The van der Waals surface area contributed by atoms with Crippen molar-refractivity contribution in [2.24, 2.45) is 5.92 Å². The largest absolute Gasteiger partial charge is 0.444 e. The SMILES string of the molecule is Cc1cccc(C)c1NC(=O)[C@@H](NC(=O)OC(C)(C)C)C(C)C. The van der Waals surface area contributed by atoms with Gasteiger partial charge < -0.3 is 15.4 Å². The number of ether oxygens (including phenoxy) is 1. The van der Waals surface area contributed by atoms with Crippen molar-refractivity contribution in [2.45, 2.75) is 60.1 Å². The normalized spacial score (nSPS) is 12.7. The van der Waals surface area contributed by atoms with Crippen molar-refractivity contribution in [3.8, 4) is 0 Å². The zero-order valence-corrected chi connectivity index (χ0v) is 15.1. The molecule has 128 valence electrons. The number of anilines is 1. The molecule has 1 aromatic carbocycles. The third kappa shape index (κ3) is 5.93. The van der Waals surface area contributed by atoms with Crippen molar-refractivity contribution in [3.63, 3.8) is 0 Å². The molecule has 0 fully saturated rings. The number of hydrogen-bond acceptors (Lipinski definition) is 3. The highest BCUT2D eigenvalue weighted by Gasteiger charge is 2.27. The quantitative estimate of drug-likeness (QED) is 0.887. The third-order valence-corrected chi connectivity index (χ3v) is 3.35. The first-order valence-electron chi connectivity index (χ1n) is 7.88. The maximum Gasteiger partial charge on any atom is 0.408 e. The summed E-state index contributed by atoms with van der Waals surface area (Å²) < 4.78 is 5.24. The lowest BCUT2D eigenvalue weighted by Crippen LogP contribution is -2.48. The molecule has 0 spiro atoms. The highest BCUT2D eigenvalue weighted by molar-refractivity contribution is 5.97. The van der Waals surface area contributed by atoms with Gasteiger partial charge in [-0.3, -0.25) is 4.79 Å². The van der Waals surface area contributed by atoms with Crippen molar-refractivity contribution in [3.05, 3.63) is 29.3 Å². The van der Waals surface area contributed by atoms with Crippen LogP contribution in [0.2, 0.25) is 0 Å². The molecule has 23 heavy (non-hydrogen) atoms. The van der Waals surface area contributed by atoms with E-state index in [1.54, 1.807) is 20.8 Å². The minimum absolute atomic E-state index is 0.0631. The van der Waals surface area contributed by atoms with E-state index in [9.17, 15) is 9.59 Å². The van der Waals surface area contributed by atoms with Crippen LogP contribution in [0.3, 0.4) is 0 Å². The van der Waals surface area contributed by atoms with E-state index in [0.29, 0.717) is 0 Å². The van der Waals surface area contributed by atoms with Gasteiger partial charge in [-0.1, -0.05) is 32.0 Å². The third-order valence-electron chi connectivity index (χ3n) is 3.35. The standard InChI is InChI=1S/C18H28N2O3/c1-11(2)14(20-17(22)23-18(5,6)7)16(21)19-15-12(3)9-8-10-13(15)4/h8-11,14H,1-7H3,(H,19,21)(H,20,22)/t14-/m0/s1. The number of para-hydroxylation sites is 1. The number of benzene rings is 1. The molecule has 0 heterocycles. The molecule has 0 saturated heterocycles. The molecule has 0 aliphatic heterocycles. The topological polar surface area (TPSA) is 67.4 Å². The molecular formula is C18H28N2O3. The van der Waals surface area contributed by atoms with Crippen molar-refractivity contribution in [2.75, 3.05) is 5.32 Å². The molecule has 1 rings (SSSR count). The summed E-state index contributed by atoms with van der Waals surface area (Å²) in [5, 5.41) is 5.58. The summed E-state index contributed by atoms with van der Waals surface area (Å²) in [4.78, 5) is 24.5. The number of aryl methyl sites for hydroxylation is 2. The first kappa shape index (κ1) is 19.0. The average Bonchev–Trinajstić information content (AvgIpc) is 2.38. The van der Waals surface area contributed by atoms with E-state index in [4.69, 9.17) is 4.74 Å². The molecule has 1 aromatic rings. The maximum absolute atomic E-state index is 12.6. The summed E-state index contributed by atoms with van der Waals surface area (Å²) in [7, 11) is 0. The second kappa shape index (κ2) is 7.49. The minimum Gasteiger partial charge on any atom is -0.444 e. The maximum atomic E-state index is 12.6. The molecule has 0 bridgehead atoms. The predicted octanol–water partition coefficient (Wildman–Crippen LogP) is 3.79. The lowest BCUT2D eigenvalue weighted by molar-refractivity contribution is -0.119. The number of alkyl carbamates (subject to hydrolysis) is 1. The smallest absolute Gasteiger partial charge is 0.408 e. The fourth-order valence-corrected chi connectivity index (χ4v) is 2.18. The molecule has 0 aromatic heterocycles. The van der Waals surface area contributed by atoms with Crippen LogP contribution in [0.5, 0.6) is 0 Å². The molecule has 1 atom stereocenters. The lowest BCUT2D eigenvalue weighted by Gasteiger charge is -2.25. The molecule has 5 heteroatoms. The first-order chi connectivity index (χ1) is 10.5. The minimum atomic E-state index is -0.663. The van der Waals surface area contributed by atoms with Crippen LogP contribution in [-0.2, 0) is 9.53 Å². The van der Waals surface area contributed by atoms with Crippen molar-refractivity contribution >= 4 is 17.7 Å². The number of rotatable bonds is 4. The highest BCUT2D eigenvalue weighted by atomic mass is 16.6. The Morgan fingerprint density at radius 3 is 2.04 bits per heavy atom. The van der Waals surface area contributed by atoms with E-state index in [1.807, 2.05) is 45.9 Å². The molecule has 0 aliphatic carbocycles. The zero-order valence-electron chi connectivity index (χ0n) is 15.1. The van der Waals surface area contributed by atoms with Crippen LogP contribution >= 0.6 is 0 Å². The molecule has 0 saturated carbocycles. The molecule has 0 unspecified atom stereocenters. The van der Waals surface area contributed by atoms with Crippen LogP contribution in [0.4, 0.5) is 10.5 Å². The summed E-state index contributed by atoms with van der Waals surface area (Å²) in [5.74, 6) is -0.310. The van der Waals surface area contributed by atoms with E-state index in [1.165, 1.54) is 0 Å². The van der Waals surface area contributed by atoms with Gasteiger partial charge in [0.15, 0.2) is 0 Å². The average molecular weight is 320 g/mol. The molecule has 0 aliphatic rings. The van der Waals surface area contributed by atoms with Gasteiger partial charge in [-0.15, -0.1) is 0 Å². The second-order valence-corrected chi connectivity index (χ2v) is 7.12. The Morgan fingerprint density at radius 1 is 1.09 bits per heavy atom. The molecule has 2 N–H and O–H groups in total. The summed E-state index contributed by atoms with van der Waals surface area (Å²) in [6, 6.07) is 5.16. The lowest BCUT2D eigenvalue weighted by atomic mass is 10.0. The summed E-state index contributed by atoms with van der Waals surface area (Å²) in [6.45, 7) is 13.0. The summed E-state index contributed by atoms with van der Waals surface area (Å²) >= 11 is 0. The van der Waals surface area contributed by atoms with Gasteiger partial charge in [-0.25, -0.2) is 4.79 Å². The predicted molar refractivity (Wildman–Crippen MR) is 92.5 cm³/mol. The van der Waals surface area contributed by atoms with Crippen LogP contribution in [0.1, 0.15) is 45.7 Å². The number of carbonyl (C=O) groups excluding carboxylic acids is 2. The van der Waals surface area contributed by atoms with Gasteiger partial charge in [0.25, 0.3) is 0 Å². The van der Waals surface area contributed by atoms with Gasteiger partial charge in [0, 0.05) is 5.69 Å². The van der Waals surface area contributed by atoms with E-state index >= 15 is 0 Å². The second-order valence-electron chi connectivity index (χ2n) is 7.12. The van der Waals surface area contributed by atoms with E-state index in [-0.39, 0.29) is 11.8 Å². The number of hydrogen-bond donors (Lipinski definition) is 2. The fraction of sp³-hybridized carbons (Fsp3) is 0.556. The van der Waals surface area contributed by atoms with Crippen LogP contribution in [-0.4, -0.2) is 23.6 Å². The molecule has 5 nitrogen and oxygen atoms in total. The Labute approximate surface area is 138 Å². The van der Waals surface area contributed by atoms with Crippen LogP contribution < -0.4 is 10.6 Å². The summed E-state index contributed by atoms with van der Waals surface area (Å²) in [5.41, 5.74) is 2.15. The Hall–Kier alpha value is -2.04. The monoisotopic (exact) mass is 320 g/mol. The van der Waals surface area contributed by atoms with Gasteiger partial charge >= 0.3 is 6.09 Å². The Bertz CT molecular complexity index is 554. The van der Waals surface area contributed by atoms with E-state index < -0.39 is 17.7 Å². The molecule has 2 amide bonds. The number of amides is 2. The van der Waals surface area contributed by atoms with Crippen molar-refractivity contribution < 1.29 is 14.3 Å². The number of carbonyl (C=O) groups is 2. The highest BCUT2D eigenvalue weighted by Crippen LogP contribution is 2.20. The van der Waals surface area contributed by atoms with Crippen LogP contribution in [0.15, 0.2) is 18.2 Å². The number of nitrogens with one attached hydrogen (secondary N) is 2. The fourth-order valence-electron chi connectivity index (χ4n) is 2.18. The van der Waals surface area contributed by atoms with Gasteiger partial charge in [-0.05, 0) is 51.7 Å². The van der Waals surface area contributed by atoms with E-state index in [0.717, 1.165) is 16.8 Å². The Kier molecular flexibility index (Phi) is 6.19. The summed E-state index contributed by atoms with van der Waals surface area (Å²) in [6.07, 6.45) is -0.590. The van der Waals surface area contributed by atoms with Gasteiger partial charge in [0.05, 0.1) is 0 Å². The Balaban J connectivity index is 2.85. The van der Waals surface area contributed by atoms with Crippen molar-refractivity contribution in [1.82, 2.24) is 5.32 Å². The Morgan fingerprint density at radius 2 is 1.61 bits per heavy atom. The zero-order chi connectivity index (χ0) is 17.8. The molecular weight excluding hydrogens is 292 g/mol. The van der Waals surface area contributed by atoms with Gasteiger partial charge in [0.2, 0.25) is 5.91 Å². The van der Waals surface area contributed by atoms with Crippen molar-refractivity contribution in [1.29, 1.82) is 0 Å². The molecule has 0 radical (unpaired) electrons. The van der Waals surface area contributed by atoms with Crippen LogP contribution in [0.25, 0.3) is 0 Å².